The molecule has 3 aromatic rings. The first kappa shape index (κ1) is 19.0. The molecule has 1 amide bonds. The molecule has 0 aromatic carbocycles. The smallest absolute Gasteiger partial charge is 0.272 e. The summed E-state index contributed by atoms with van der Waals surface area (Å²) in [5.74, 6) is -2.76. The number of amides is 1. The second-order valence-corrected chi connectivity index (χ2v) is 9.50. The van der Waals surface area contributed by atoms with E-state index in [1.165, 1.54) is 10.4 Å². The van der Waals surface area contributed by atoms with Gasteiger partial charge < -0.3 is 10.6 Å². The van der Waals surface area contributed by atoms with E-state index >= 15 is 0 Å². The van der Waals surface area contributed by atoms with Gasteiger partial charge in [0.15, 0.2) is 0 Å². The zero-order chi connectivity index (χ0) is 20.0. The van der Waals surface area contributed by atoms with Gasteiger partial charge in [-0.15, -0.1) is 22.7 Å². The summed E-state index contributed by atoms with van der Waals surface area (Å²) < 4.78 is 27.0. The number of fused-ring (bicyclic) bond motifs is 2. The van der Waals surface area contributed by atoms with E-state index in [1.54, 1.807) is 40.0 Å². The highest BCUT2D eigenvalue weighted by atomic mass is 32.1. The number of thiophene rings is 1. The van der Waals surface area contributed by atoms with E-state index in [0.29, 0.717) is 6.54 Å². The maximum Gasteiger partial charge on any atom is 0.272 e. The fourth-order valence-corrected chi connectivity index (χ4v) is 6.06. The largest absolute Gasteiger partial charge is 0.317 e. The Morgan fingerprint density at radius 2 is 2.24 bits per heavy atom. The molecule has 0 atom stereocenters. The van der Waals surface area contributed by atoms with Gasteiger partial charge in [0.1, 0.15) is 15.5 Å². The van der Waals surface area contributed by atoms with Crippen molar-refractivity contribution >= 4 is 43.8 Å². The third kappa shape index (κ3) is 3.77. The Morgan fingerprint density at radius 3 is 3.03 bits per heavy atom. The van der Waals surface area contributed by atoms with Crippen molar-refractivity contribution in [2.45, 2.75) is 25.3 Å². The number of pyridine rings is 1. The van der Waals surface area contributed by atoms with E-state index in [4.69, 9.17) is 4.98 Å². The van der Waals surface area contributed by atoms with Crippen LogP contribution in [0.2, 0.25) is 0 Å². The molecule has 0 bridgehead atoms. The summed E-state index contributed by atoms with van der Waals surface area (Å²) >= 11 is 3.16. The quantitative estimate of drug-likeness (QED) is 0.632. The minimum Gasteiger partial charge on any atom is -0.317 e. The molecule has 5 heterocycles. The Kier molecular flexibility index (Phi) is 4.81. The average molecular weight is 440 g/mol. The maximum absolute atomic E-state index is 13.0. The molecule has 0 radical (unpaired) electrons. The van der Waals surface area contributed by atoms with Crippen molar-refractivity contribution < 1.29 is 16.4 Å². The molecule has 10 heteroatoms. The van der Waals surface area contributed by atoms with Crippen molar-refractivity contribution in [2.75, 3.05) is 31.5 Å². The highest BCUT2D eigenvalue weighted by Crippen LogP contribution is 2.44. The number of hydrogen-bond acceptors (Lipinski definition) is 7. The van der Waals surface area contributed by atoms with Crippen LogP contribution in [-0.4, -0.2) is 52.9 Å². The number of aromatic nitrogens is 2. The molecule has 5 rings (SSSR count). The van der Waals surface area contributed by atoms with E-state index < -0.39 is 5.92 Å². The molecule has 0 spiro atoms. The number of carbonyl (C=O) groups is 1. The van der Waals surface area contributed by atoms with E-state index in [0.717, 1.165) is 45.3 Å². The summed E-state index contributed by atoms with van der Waals surface area (Å²) in [5, 5.41) is 8.07. The summed E-state index contributed by atoms with van der Waals surface area (Å²) in [5.41, 5.74) is 3.08. The Balaban J connectivity index is 0.00000136. The lowest BCUT2D eigenvalue weighted by Gasteiger charge is -2.38. The summed E-state index contributed by atoms with van der Waals surface area (Å²) in [6, 6.07) is 1.94. The molecular weight excluding hydrogens is 416 g/mol. The summed E-state index contributed by atoms with van der Waals surface area (Å²) in [6.07, 6.45) is 4.57. The predicted molar refractivity (Wildman–Crippen MR) is 115 cm³/mol. The van der Waals surface area contributed by atoms with Gasteiger partial charge in [0.25, 0.3) is 5.92 Å². The first-order valence-electron chi connectivity index (χ1n) is 9.45. The number of carbonyl (C=O) groups excluding carboxylic acids is 1. The normalized spacial score (nSPS) is 18.4. The number of rotatable bonds is 5. The van der Waals surface area contributed by atoms with Crippen molar-refractivity contribution in [1.82, 2.24) is 20.2 Å². The van der Waals surface area contributed by atoms with Crippen molar-refractivity contribution in [2.24, 2.45) is 0 Å². The van der Waals surface area contributed by atoms with Crippen LogP contribution in [-0.2, 0) is 17.8 Å². The van der Waals surface area contributed by atoms with Gasteiger partial charge in [0.2, 0.25) is 5.91 Å². The molecule has 29 heavy (non-hydrogen) atoms. The summed E-state index contributed by atoms with van der Waals surface area (Å²) in [4.78, 5) is 24.2. The second kappa shape index (κ2) is 7.35. The van der Waals surface area contributed by atoms with Crippen molar-refractivity contribution in [3.05, 3.63) is 28.9 Å². The second-order valence-electron chi connectivity index (χ2n) is 7.36. The zero-order valence-corrected chi connectivity index (χ0v) is 17.1. The molecule has 1 saturated heterocycles. The Hall–Kier alpha value is -2.01. The van der Waals surface area contributed by atoms with E-state index in [9.17, 15) is 13.6 Å². The standard InChI is InChI=1S/C19H19F2N5OS2.2H2/c20-19(21)9-26(10-19)6-3-15(27)25-18-16(11-1-4-23-8-14(11)29-18)17-24-12-7-22-5-2-13(12)28-17;;/h2,5,7,23H,1,3-4,6,8-10H2,(H,25,27);2*1H. The Bertz CT molecular complexity index is 1050. The lowest BCUT2D eigenvalue weighted by molar-refractivity contribution is -0.134. The monoisotopic (exact) mass is 439 g/mol. The van der Waals surface area contributed by atoms with Gasteiger partial charge in [-0.2, -0.15) is 0 Å². The van der Waals surface area contributed by atoms with Gasteiger partial charge >= 0.3 is 0 Å². The maximum atomic E-state index is 13.0. The lowest BCUT2D eigenvalue weighted by Crippen LogP contribution is -2.56. The molecule has 2 aliphatic heterocycles. The fraction of sp³-hybridized carbons (Fsp3) is 0.421. The topological polar surface area (TPSA) is 70.2 Å². The van der Waals surface area contributed by atoms with Crippen molar-refractivity contribution in [1.29, 1.82) is 0 Å². The van der Waals surface area contributed by atoms with Crippen LogP contribution in [0.4, 0.5) is 13.8 Å². The van der Waals surface area contributed by atoms with E-state index in [1.807, 2.05) is 6.07 Å². The molecule has 1 fully saturated rings. The lowest BCUT2D eigenvalue weighted by atomic mass is 10.0. The summed E-state index contributed by atoms with van der Waals surface area (Å²) in [6.45, 7) is 1.49. The van der Waals surface area contributed by atoms with Crippen LogP contribution in [0, 0.1) is 0 Å². The van der Waals surface area contributed by atoms with Crippen LogP contribution < -0.4 is 10.6 Å². The number of hydrogen-bond donors (Lipinski definition) is 2. The van der Waals surface area contributed by atoms with Crippen LogP contribution in [0.15, 0.2) is 18.5 Å². The van der Waals surface area contributed by atoms with Crippen molar-refractivity contribution in [3.63, 3.8) is 0 Å². The Labute approximate surface area is 176 Å². The number of halogens is 2. The van der Waals surface area contributed by atoms with Crippen molar-refractivity contribution in [3.8, 4) is 10.6 Å². The highest BCUT2D eigenvalue weighted by molar-refractivity contribution is 7.22. The van der Waals surface area contributed by atoms with Crippen LogP contribution >= 0.6 is 22.7 Å². The molecule has 2 N–H and O–H groups in total. The number of likely N-dealkylation sites (tertiary alicyclic amines) is 1. The first-order valence-corrected chi connectivity index (χ1v) is 11.1. The zero-order valence-electron chi connectivity index (χ0n) is 15.5. The minimum atomic E-state index is -2.61. The molecular formula is C19H23F2N5OS2. The minimum absolute atomic E-state index is 0. The first-order chi connectivity index (χ1) is 14.0. The van der Waals surface area contributed by atoms with E-state index in [2.05, 4.69) is 15.6 Å². The fourth-order valence-electron chi connectivity index (χ4n) is 3.75. The Morgan fingerprint density at radius 1 is 1.38 bits per heavy atom. The van der Waals surface area contributed by atoms with Gasteiger partial charge in [-0.05, 0) is 24.6 Å². The molecule has 2 aliphatic rings. The molecule has 156 valence electrons. The molecule has 0 aliphatic carbocycles. The SMILES string of the molecule is O=C(CCN1CC(F)(F)C1)Nc1sc2c(c1-c1nc3cnccc3s1)CCNC2.[HH].[HH]. The van der Waals surface area contributed by atoms with Gasteiger partial charge in [-0.3, -0.25) is 14.7 Å². The van der Waals surface area contributed by atoms with Crippen LogP contribution in [0.5, 0.6) is 0 Å². The number of anilines is 1. The average Bonchev–Trinajstić information content (AvgIpc) is 3.24. The van der Waals surface area contributed by atoms with Gasteiger partial charge in [0, 0.05) is 39.0 Å². The van der Waals surface area contributed by atoms with E-state index in [-0.39, 0.29) is 28.3 Å². The van der Waals surface area contributed by atoms with Gasteiger partial charge in [0.05, 0.1) is 24.0 Å². The van der Waals surface area contributed by atoms with Gasteiger partial charge in [-0.1, -0.05) is 0 Å². The third-order valence-corrected chi connectivity index (χ3v) is 7.35. The number of nitrogens with one attached hydrogen (secondary N) is 2. The molecule has 0 unspecified atom stereocenters. The van der Waals surface area contributed by atoms with Gasteiger partial charge in [-0.25, -0.2) is 13.8 Å². The molecule has 3 aromatic heterocycles. The summed E-state index contributed by atoms with van der Waals surface area (Å²) in [7, 11) is 0. The predicted octanol–water partition coefficient (Wildman–Crippen LogP) is 3.84. The molecule has 0 saturated carbocycles. The number of alkyl halides is 2. The highest BCUT2D eigenvalue weighted by Gasteiger charge is 2.43. The molecule has 6 nitrogen and oxygen atoms in total. The van der Waals surface area contributed by atoms with Crippen LogP contribution in [0.25, 0.3) is 20.8 Å². The van der Waals surface area contributed by atoms with Crippen LogP contribution in [0.1, 0.15) is 19.7 Å². The number of nitrogens with zero attached hydrogens (tertiary/aromatic N) is 3. The van der Waals surface area contributed by atoms with Crippen LogP contribution in [0.3, 0.4) is 0 Å². The third-order valence-electron chi connectivity index (χ3n) is 5.15. The number of thiazole rings is 1.